The summed E-state index contributed by atoms with van der Waals surface area (Å²) in [6.45, 7) is 0.349. The third-order valence-electron chi connectivity index (χ3n) is 5.12. The molecule has 0 amide bonds. The molecule has 1 aromatic heterocycles. The number of hydrogen-bond acceptors (Lipinski definition) is 7. The summed E-state index contributed by atoms with van der Waals surface area (Å²) in [5.41, 5.74) is -0.713. The van der Waals surface area contributed by atoms with Gasteiger partial charge in [0.2, 0.25) is 6.29 Å². The minimum atomic E-state index is -1.37. The fourth-order valence-electron chi connectivity index (χ4n) is 4.02. The van der Waals surface area contributed by atoms with Crippen molar-refractivity contribution in [1.82, 2.24) is 0 Å². The Balaban J connectivity index is 1.95. The Kier molecular flexibility index (Phi) is 2.55. The van der Waals surface area contributed by atoms with Gasteiger partial charge in [-0.2, -0.15) is 0 Å². The number of carbonyl (C=O) groups excluding carboxylic acids is 1. The molecule has 24 heavy (non-hydrogen) atoms. The van der Waals surface area contributed by atoms with Crippen LogP contribution in [0.25, 0.3) is 11.0 Å². The van der Waals surface area contributed by atoms with E-state index < -0.39 is 17.5 Å². The van der Waals surface area contributed by atoms with E-state index in [0.29, 0.717) is 47.5 Å². The number of ketones is 1. The summed E-state index contributed by atoms with van der Waals surface area (Å²) >= 11 is 0. The van der Waals surface area contributed by atoms with Crippen molar-refractivity contribution in [3.05, 3.63) is 33.2 Å². The van der Waals surface area contributed by atoms with Gasteiger partial charge in [-0.05, 0) is 12.0 Å². The lowest BCUT2D eigenvalue weighted by Gasteiger charge is -2.20. The van der Waals surface area contributed by atoms with Crippen LogP contribution in [0.4, 0.5) is 0 Å². The van der Waals surface area contributed by atoms with E-state index in [1.54, 1.807) is 6.07 Å². The van der Waals surface area contributed by atoms with Crippen molar-refractivity contribution in [2.45, 2.75) is 31.2 Å². The van der Waals surface area contributed by atoms with E-state index in [1.165, 1.54) is 7.11 Å². The Labute approximate surface area is 135 Å². The third kappa shape index (κ3) is 1.49. The second-order valence-corrected chi connectivity index (χ2v) is 6.32. The van der Waals surface area contributed by atoms with E-state index in [1.807, 2.05) is 0 Å². The number of ether oxygens (including phenoxy) is 3. The van der Waals surface area contributed by atoms with Crippen LogP contribution in [0, 0.1) is 0 Å². The number of hydrogen-bond donors (Lipinski definition) is 1. The molecule has 1 N–H and O–H groups in total. The van der Waals surface area contributed by atoms with Crippen LogP contribution in [0.5, 0.6) is 11.5 Å². The van der Waals surface area contributed by atoms with Crippen molar-refractivity contribution in [3.8, 4) is 11.5 Å². The molecule has 1 fully saturated rings. The van der Waals surface area contributed by atoms with Crippen molar-refractivity contribution in [2.24, 2.45) is 0 Å². The Morgan fingerprint density at radius 2 is 2.17 bits per heavy atom. The van der Waals surface area contributed by atoms with Crippen LogP contribution >= 0.6 is 0 Å². The van der Waals surface area contributed by atoms with Crippen LogP contribution < -0.4 is 15.1 Å². The Morgan fingerprint density at radius 1 is 1.33 bits per heavy atom. The zero-order valence-corrected chi connectivity index (χ0v) is 12.9. The van der Waals surface area contributed by atoms with Gasteiger partial charge in [-0.3, -0.25) is 4.79 Å². The zero-order valence-electron chi connectivity index (χ0n) is 12.9. The number of aryl methyl sites for hydroxylation is 1. The number of methoxy groups -OCH3 is 1. The molecule has 0 unspecified atom stereocenters. The molecule has 2 aromatic rings. The number of benzene rings is 1. The first-order valence-electron chi connectivity index (χ1n) is 7.79. The number of carbonyl (C=O) groups is 1. The van der Waals surface area contributed by atoms with Crippen LogP contribution in [0.2, 0.25) is 0 Å². The number of fused-ring (bicyclic) bond motifs is 7. The second-order valence-electron chi connectivity index (χ2n) is 6.32. The summed E-state index contributed by atoms with van der Waals surface area (Å²) in [4.78, 5) is 24.4. The Morgan fingerprint density at radius 3 is 2.96 bits per heavy atom. The molecule has 1 saturated heterocycles. The highest BCUT2D eigenvalue weighted by Gasteiger charge is 2.55. The van der Waals surface area contributed by atoms with Crippen LogP contribution in [-0.2, 0) is 16.8 Å². The fourth-order valence-corrected chi connectivity index (χ4v) is 4.02. The highest BCUT2D eigenvalue weighted by Crippen LogP contribution is 2.53. The molecule has 3 heterocycles. The lowest BCUT2D eigenvalue weighted by molar-refractivity contribution is -0.123. The van der Waals surface area contributed by atoms with Crippen molar-refractivity contribution in [1.29, 1.82) is 0 Å². The van der Waals surface area contributed by atoms with Crippen molar-refractivity contribution >= 4 is 16.8 Å². The Bertz CT molecular complexity index is 973. The standard InChI is InChI=1S/C17H14O7/c1-21-9-6-10-13(17(20)4-5-22-16(17)23-10)14-12(9)7-2-3-8(18)11(7)15(19)24-14/h6,16,20H,2-5H2,1H3/t16-,17+/m0/s1. The molecule has 0 bridgehead atoms. The number of aliphatic hydroxyl groups is 1. The van der Waals surface area contributed by atoms with Crippen molar-refractivity contribution in [3.63, 3.8) is 0 Å². The minimum Gasteiger partial charge on any atom is -0.496 e. The SMILES string of the molecule is COc1cc2c(c3oc(=O)c4c(c13)CCC4=O)[C@]1(O)CCO[C@H]1O2. The molecule has 124 valence electrons. The van der Waals surface area contributed by atoms with Gasteiger partial charge < -0.3 is 23.7 Å². The Hall–Kier alpha value is -2.38. The molecule has 2 atom stereocenters. The average Bonchev–Trinajstić information content (AvgIpc) is 3.17. The number of rotatable bonds is 1. The van der Waals surface area contributed by atoms with E-state index in [0.717, 1.165) is 0 Å². The molecule has 3 aliphatic rings. The predicted octanol–water partition coefficient (Wildman–Crippen LogP) is 1.26. The van der Waals surface area contributed by atoms with Gasteiger partial charge in [0, 0.05) is 18.9 Å². The van der Waals surface area contributed by atoms with Crippen LogP contribution in [-0.4, -0.2) is 30.9 Å². The fraction of sp³-hybridized carbons (Fsp3) is 0.412. The van der Waals surface area contributed by atoms with E-state index >= 15 is 0 Å². The maximum Gasteiger partial charge on any atom is 0.347 e. The van der Waals surface area contributed by atoms with E-state index in [-0.39, 0.29) is 23.4 Å². The van der Waals surface area contributed by atoms with Gasteiger partial charge in [0.05, 0.1) is 24.7 Å². The normalized spacial score (nSPS) is 27.1. The summed E-state index contributed by atoms with van der Waals surface area (Å²) in [5, 5.41) is 11.6. The molecular weight excluding hydrogens is 316 g/mol. The van der Waals surface area contributed by atoms with Crippen LogP contribution in [0.15, 0.2) is 15.3 Å². The maximum absolute atomic E-state index is 12.3. The van der Waals surface area contributed by atoms with Gasteiger partial charge in [0.15, 0.2) is 17.0 Å². The van der Waals surface area contributed by atoms with E-state index in [4.69, 9.17) is 18.6 Å². The maximum atomic E-state index is 12.3. The largest absolute Gasteiger partial charge is 0.496 e. The van der Waals surface area contributed by atoms with Gasteiger partial charge in [0.25, 0.3) is 0 Å². The lowest BCUT2D eigenvalue weighted by atomic mass is 9.90. The van der Waals surface area contributed by atoms with Gasteiger partial charge >= 0.3 is 5.63 Å². The smallest absolute Gasteiger partial charge is 0.347 e. The first kappa shape index (κ1) is 14.0. The highest BCUT2D eigenvalue weighted by atomic mass is 16.7. The zero-order chi connectivity index (χ0) is 16.6. The van der Waals surface area contributed by atoms with Gasteiger partial charge in [-0.1, -0.05) is 0 Å². The monoisotopic (exact) mass is 330 g/mol. The summed E-state index contributed by atoms with van der Waals surface area (Å²) in [6.07, 6.45) is 0.227. The third-order valence-corrected chi connectivity index (χ3v) is 5.12. The molecule has 7 nitrogen and oxygen atoms in total. The highest BCUT2D eigenvalue weighted by molar-refractivity contribution is 6.06. The minimum absolute atomic E-state index is 0.0888. The summed E-state index contributed by atoms with van der Waals surface area (Å²) in [7, 11) is 1.50. The number of Topliss-reactive ketones (excluding diaryl/α,β-unsaturated/α-hetero) is 1. The summed E-state index contributed by atoms with van der Waals surface area (Å²) in [5.74, 6) is 0.598. The molecule has 2 aliphatic heterocycles. The van der Waals surface area contributed by atoms with E-state index in [2.05, 4.69) is 0 Å². The van der Waals surface area contributed by atoms with Crippen LogP contribution in [0.1, 0.15) is 34.3 Å². The van der Waals surface area contributed by atoms with Gasteiger partial charge in [-0.15, -0.1) is 0 Å². The predicted molar refractivity (Wildman–Crippen MR) is 80.6 cm³/mol. The molecule has 1 aromatic carbocycles. The molecule has 5 rings (SSSR count). The molecule has 0 saturated carbocycles. The van der Waals surface area contributed by atoms with Gasteiger partial charge in [0.1, 0.15) is 17.1 Å². The van der Waals surface area contributed by atoms with E-state index in [9.17, 15) is 14.7 Å². The molecule has 7 heteroatoms. The molecule has 1 aliphatic carbocycles. The molecule has 0 radical (unpaired) electrons. The van der Waals surface area contributed by atoms with Crippen molar-refractivity contribution in [2.75, 3.05) is 13.7 Å². The lowest BCUT2D eigenvalue weighted by Crippen LogP contribution is -2.33. The summed E-state index contributed by atoms with van der Waals surface area (Å²) < 4.78 is 22.0. The first-order chi connectivity index (χ1) is 11.5. The molecule has 0 spiro atoms. The second kappa shape index (κ2) is 4.37. The quantitative estimate of drug-likeness (QED) is 0.786. The van der Waals surface area contributed by atoms with Gasteiger partial charge in [-0.25, -0.2) is 4.79 Å². The first-order valence-corrected chi connectivity index (χ1v) is 7.79. The van der Waals surface area contributed by atoms with Crippen molar-refractivity contribution < 1.29 is 28.5 Å². The topological polar surface area (TPSA) is 95.2 Å². The average molecular weight is 330 g/mol. The summed E-state index contributed by atoms with van der Waals surface area (Å²) in [6, 6.07) is 1.65. The molecular formula is C17H14O7. The van der Waals surface area contributed by atoms with Crippen LogP contribution in [0.3, 0.4) is 0 Å².